The molecule has 4 nitrogen and oxygen atoms in total. The fourth-order valence-corrected chi connectivity index (χ4v) is 12.8. The topological polar surface area (TPSA) is 33.5 Å². The molecule has 0 aliphatic heterocycles. The Morgan fingerprint density at radius 2 is 0.374 bits per heavy atom. The SMILES string of the molecule is CC(C)(C)c1c(N(c2ccc(-c3ccccc3)cc2)c2ccc(-c3ccccc3)cc2)c(C#N)c(N(c2ccc(-c3ccccc3)cc2)c2ccc(-c3ccccc3)cc2)c(N(c2ccc(-c3ccccc3)cc2)c2ccc(-c3ccccc3)cc2)c1C(C)(C)C. The number of anilines is 9. The zero-order chi connectivity index (χ0) is 62.5. The Balaban J connectivity index is 1.19. The standard InChI is InChI=1S/C87H72N4/c1-86(2,3)81-82(87(4,5)6)85(91(78-57-45-72(46-58-78)66-33-21-11-22-34-66)79-59-47-73(48-60-79)67-35-23-12-24-36-67)84(90(76-53-41-70(42-54-76)64-29-17-9-18-30-64)77-55-43-71(44-56-77)65-31-19-10-20-32-65)80(61-88)83(81)89(74-49-37-68(38-50-74)62-25-13-7-14-26-62)75-51-39-69(40-52-75)63-27-15-8-16-28-63/h7-60H,1-6H3. The van der Waals surface area contributed by atoms with Crippen molar-refractivity contribution in [3.05, 3.63) is 344 Å². The molecular formula is C87H72N4. The van der Waals surface area contributed by atoms with E-state index in [9.17, 15) is 5.26 Å². The van der Waals surface area contributed by atoms with Gasteiger partial charge in [0.25, 0.3) is 0 Å². The normalized spacial score (nSPS) is 11.4. The lowest BCUT2D eigenvalue weighted by Gasteiger charge is -2.44. The molecule has 0 aliphatic carbocycles. The summed E-state index contributed by atoms with van der Waals surface area (Å²) in [4.78, 5) is 7.17. The van der Waals surface area contributed by atoms with Gasteiger partial charge in [-0.05, 0) is 162 Å². The molecule has 91 heavy (non-hydrogen) atoms. The Hall–Kier alpha value is -11.3. The molecule has 0 unspecified atom stereocenters. The molecule has 13 aromatic carbocycles. The molecule has 13 aromatic rings. The highest BCUT2D eigenvalue weighted by atomic mass is 15.2. The number of nitrogens with zero attached hydrogens (tertiary/aromatic N) is 4. The molecule has 0 radical (unpaired) electrons. The van der Waals surface area contributed by atoms with E-state index < -0.39 is 10.8 Å². The van der Waals surface area contributed by atoms with E-state index in [-0.39, 0.29) is 0 Å². The van der Waals surface area contributed by atoms with Crippen molar-refractivity contribution in [1.29, 1.82) is 5.26 Å². The molecule has 0 fully saturated rings. The van der Waals surface area contributed by atoms with Gasteiger partial charge in [0.15, 0.2) is 0 Å². The zero-order valence-corrected chi connectivity index (χ0v) is 52.5. The summed E-state index contributed by atoms with van der Waals surface area (Å²) in [5.74, 6) is 0. The molecule has 0 amide bonds. The van der Waals surface area contributed by atoms with E-state index in [0.717, 1.165) is 129 Å². The fourth-order valence-electron chi connectivity index (χ4n) is 12.8. The van der Waals surface area contributed by atoms with Crippen LogP contribution < -0.4 is 14.7 Å². The third-order valence-electron chi connectivity index (χ3n) is 17.1. The van der Waals surface area contributed by atoms with Crippen LogP contribution in [0.5, 0.6) is 0 Å². The van der Waals surface area contributed by atoms with Gasteiger partial charge in [0.05, 0.1) is 17.1 Å². The molecule has 4 heteroatoms. The van der Waals surface area contributed by atoms with Crippen LogP contribution in [0.4, 0.5) is 51.2 Å². The number of hydrogen-bond acceptors (Lipinski definition) is 4. The van der Waals surface area contributed by atoms with Gasteiger partial charge >= 0.3 is 0 Å². The van der Waals surface area contributed by atoms with E-state index in [1.807, 2.05) is 0 Å². The Kier molecular flexibility index (Phi) is 16.4. The molecule has 0 aromatic heterocycles. The zero-order valence-electron chi connectivity index (χ0n) is 52.5. The van der Waals surface area contributed by atoms with Crippen molar-refractivity contribution < 1.29 is 0 Å². The van der Waals surface area contributed by atoms with Gasteiger partial charge in [-0.25, -0.2) is 0 Å². The molecule has 440 valence electrons. The summed E-state index contributed by atoms with van der Waals surface area (Å²) in [7, 11) is 0. The Bertz CT molecular complexity index is 4360. The second kappa shape index (κ2) is 25.5. The van der Waals surface area contributed by atoms with Gasteiger partial charge in [-0.3, -0.25) is 0 Å². The van der Waals surface area contributed by atoms with E-state index >= 15 is 0 Å². The van der Waals surface area contributed by atoms with Gasteiger partial charge in [-0.15, -0.1) is 0 Å². The maximum absolute atomic E-state index is 13.1. The second-order valence-corrected chi connectivity index (χ2v) is 25.3. The van der Waals surface area contributed by atoms with Gasteiger partial charge < -0.3 is 14.7 Å². The molecular weight excluding hydrogens is 1100 g/mol. The van der Waals surface area contributed by atoms with E-state index in [1.54, 1.807) is 0 Å². The van der Waals surface area contributed by atoms with Crippen molar-refractivity contribution in [1.82, 2.24) is 0 Å². The monoisotopic (exact) mass is 1170 g/mol. The highest BCUT2D eigenvalue weighted by Gasteiger charge is 2.42. The van der Waals surface area contributed by atoms with Crippen molar-refractivity contribution in [2.24, 2.45) is 0 Å². The van der Waals surface area contributed by atoms with E-state index in [1.165, 1.54) is 0 Å². The van der Waals surface area contributed by atoms with Crippen LogP contribution in [0.15, 0.2) is 328 Å². The fraction of sp³-hybridized carbons (Fsp3) is 0.0920. The highest BCUT2D eigenvalue weighted by Crippen LogP contribution is 2.60. The summed E-state index contributed by atoms with van der Waals surface area (Å²) in [5.41, 5.74) is 22.8. The van der Waals surface area contributed by atoms with E-state index in [4.69, 9.17) is 0 Å². The van der Waals surface area contributed by atoms with Crippen molar-refractivity contribution in [3.63, 3.8) is 0 Å². The van der Waals surface area contributed by atoms with Gasteiger partial charge in [-0.1, -0.05) is 296 Å². The third kappa shape index (κ3) is 12.2. The van der Waals surface area contributed by atoms with Crippen LogP contribution >= 0.6 is 0 Å². The molecule has 0 aliphatic rings. The lowest BCUT2D eigenvalue weighted by molar-refractivity contribution is 0.531. The van der Waals surface area contributed by atoms with E-state index in [2.05, 4.69) is 390 Å². The first-order chi connectivity index (χ1) is 44.4. The maximum atomic E-state index is 13.1. The summed E-state index contributed by atoms with van der Waals surface area (Å²) < 4.78 is 0. The van der Waals surface area contributed by atoms with Crippen LogP contribution in [-0.4, -0.2) is 0 Å². The number of rotatable bonds is 15. The van der Waals surface area contributed by atoms with Crippen molar-refractivity contribution >= 4 is 51.2 Å². The minimum Gasteiger partial charge on any atom is -0.309 e. The summed E-state index contributed by atoms with van der Waals surface area (Å²) in [6.07, 6.45) is 0. The van der Waals surface area contributed by atoms with Crippen LogP contribution in [0.1, 0.15) is 58.2 Å². The average molecular weight is 1170 g/mol. The minimum atomic E-state index is -0.582. The number of benzene rings is 13. The molecule has 0 spiro atoms. The largest absolute Gasteiger partial charge is 0.309 e. The molecule has 0 atom stereocenters. The van der Waals surface area contributed by atoms with Crippen LogP contribution in [0, 0.1) is 11.3 Å². The summed E-state index contributed by atoms with van der Waals surface area (Å²) in [5, 5.41) is 13.1. The summed E-state index contributed by atoms with van der Waals surface area (Å²) >= 11 is 0. The van der Waals surface area contributed by atoms with Gasteiger partial charge in [-0.2, -0.15) is 5.26 Å². The molecule has 13 rings (SSSR count). The lowest BCUT2D eigenvalue weighted by atomic mass is 9.71. The van der Waals surface area contributed by atoms with Crippen LogP contribution in [0.25, 0.3) is 66.8 Å². The molecule has 0 N–H and O–H groups in total. The van der Waals surface area contributed by atoms with Crippen molar-refractivity contribution in [2.75, 3.05) is 14.7 Å². The minimum absolute atomic E-state index is 0.512. The van der Waals surface area contributed by atoms with Crippen molar-refractivity contribution in [3.8, 4) is 72.8 Å². The maximum Gasteiger partial charge on any atom is 0.104 e. The van der Waals surface area contributed by atoms with Gasteiger partial charge in [0, 0.05) is 34.1 Å². The van der Waals surface area contributed by atoms with Gasteiger partial charge in [0.2, 0.25) is 0 Å². The third-order valence-corrected chi connectivity index (χ3v) is 17.1. The molecule has 0 saturated carbocycles. The Morgan fingerprint density at radius 1 is 0.209 bits per heavy atom. The lowest BCUT2D eigenvalue weighted by Crippen LogP contribution is -2.31. The summed E-state index contributed by atoms with van der Waals surface area (Å²) in [6.45, 7) is 14.0. The van der Waals surface area contributed by atoms with Gasteiger partial charge in [0.1, 0.15) is 11.6 Å². The first kappa shape index (κ1) is 58.8. The van der Waals surface area contributed by atoms with Crippen LogP contribution in [-0.2, 0) is 10.8 Å². The van der Waals surface area contributed by atoms with Crippen LogP contribution in [0.3, 0.4) is 0 Å². The predicted molar refractivity (Wildman–Crippen MR) is 385 cm³/mol. The Morgan fingerprint density at radius 3 is 0.560 bits per heavy atom. The highest BCUT2D eigenvalue weighted by molar-refractivity contribution is 6.03. The van der Waals surface area contributed by atoms with Crippen molar-refractivity contribution in [2.45, 2.75) is 52.4 Å². The first-order valence-electron chi connectivity index (χ1n) is 31.4. The van der Waals surface area contributed by atoms with E-state index in [0.29, 0.717) is 5.56 Å². The molecule has 0 heterocycles. The number of nitriles is 1. The molecule has 0 bridgehead atoms. The summed E-state index contributed by atoms with van der Waals surface area (Å²) in [6, 6.07) is 120. The average Bonchev–Trinajstić information content (AvgIpc) is 0.714. The first-order valence-corrected chi connectivity index (χ1v) is 31.4. The number of hydrogen-bond donors (Lipinski definition) is 0. The smallest absolute Gasteiger partial charge is 0.104 e. The Labute approximate surface area is 537 Å². The quantitative estimate of drug-likeness (QED) is 0.102. The van der Waals surface area contributed by atoms with Crippen LogP contribution in [0.2, 0.25) is 0 Å². The predicted octanol–water partition coefficient (Wildman–Crippen LogP) is 24.6. The molecule has 0 saturated heterocycles. The second-order valence-electron chi connectivity index (χ2n) is 25.3.